The third kappa shape index (κ3) is 9.04. The summed E-state index contributed by atoms with van der Waals surface area (Å²) in [6.07, 6.45) is 1.83. The Bertz CT molecular complexity index is 712. The van der Waals surface area contributed by atoms with E-state index < -0.39 is 5.54 Å². The maximum Gasteiger partial charge on any atom is 0.193 e. The van der Waals surface area contributed by atoms with Crippen molar-refractivity contribution in [3.8, 4) is 0 Å². The predicted octanol–water partition coefficient (Wildman–Crippen LogP) is 2.53. The van der Waals surface area contributed by atoms with Crippen molar-refractivity contribution in [3.05, 3.63) is 71.3 Å². The van der Waals surface area contributed by atoms with Gasteiger partial charge in [-0.25, -0.2) is 0 Å². The Morgan fingerprint density at radius 3 is 1.80 bits per heavy atom. The van der Waals surface area contributed by atoms with Gasteiger partial charge in [0, 0.05) is 29.9 Å². The summed E-state index contributed by atoms with van der Waals surface area (Å²) in [4.78, 5) is 12.6. The van der Waals surface area contributed by atoms with Gasteiger partial charge >= 0.3 is 0 Å². The topological polar surface area (TPSA) is 102 Å². The third-order valence-electron chi connectivity index (χ3n) is 4.77. The van der Waals surface area contributed by atoms with Gasteiger partial charge in [-0.1, -0.05) is 54.6 Å². The van der Waals surface area contributed by atoms with Crippen molar-refractivity contribution < 1.29 is 24.5 Å². The van der Waals surface area contributed by atoms with Crippen LogP contribution in [-0.2, 0) is 15.9 Å². The van der Waals surface area contributed by atoms with E-state index in [9.17, 15) is 4.79 Å². The highest BCUT2D eigenvalue weighted by Crippen LogP contribution is 2.21. The summed E-state index contributed by atoms with van der Waals surface area (Å²) in [6.45, 7) is 1.42. The van der Waals surface area contributed by atoms with E-state index in [-0.39, 0.29) is 49.2 Å². The van der Waals surface area contributed by atoms with Gasteiger partial charge in [-0.05, 0) is 24.8 Å². The van der Waals surface area contributed by atoms with Crippen molar-refractivity contribution in [2.45, 2.75) is 24.8 Å². The zero-order valence-electron chi connectivity index (χ0n) is 17.2. The molecule has 0 spiro atoms. The molecule has 0 aromatic heterocycles. The van der Waals surface area contributed by atoms with Gasteiger partial charge in [0.15, 0.2) is 5.78 Å². The molecule has 0 aliphatic carbocycles. The van der Waals surface area contributed by atoms with Crippen LogP contribution in [0.15, 0.2) is 54.6 Å². The highest BCUT2D eigenvalue weighted by Gasteiger charge is 2.25. The summed E-state index contributed by atoms with van der Waals surface area (Å²) in [7, 11) is 0. The van der Waals surface area contributed by atoms with Crippen LogP contribution in [0.3, 0.4) is 0 Å². The molecule has 2 rings (SSSR count). The molecule has 2 aromatic carbocycles. The zero-order chi connectivity index (χ0) is 21.0. The number of rotatable bonds is 14. The smallest absolute Gasteiger partial charge is 0.193 e. The molecular weight excluding hydrogens is 450 g/mol. The molecule has 0 aliphatic heterocycles. The average Bonchev–Trinajstić information content (AvgIpc) is 2.75. The lowest BCUT2D eigenvalue weighted by Crippen LogP contribution is -2.44. The van der Waals surface area contributed by atoms with Crippen molar-refractivity contribution in [1.82, 2.24) is 0 Å². The first-order valence-corrected chi connectivity index (χ1v) is 9.93. The van der Waals surface area contributed by atoms with Crippen LogP contribution in [0.5, 0.6) is 0 Å². The molecule has 0 unspecified atom stereocenters. The summed E-state index contributed by atoms with van der Waals surface area (Å²) in [6, 6.07) is 16.7. The second-order valence-corrected chi connectivity index (χ2v) is 7.10. The Balaban J connectivity index is 0.00000450. The van der Waals surface area contributed by atoms with Crippen LogP contribution < -0.4 is 5.73 Å². The molecule has 2 aromatic rings. The number of halogens is 1. The minimum absolute atomic E-state index is 0. The fourth-order valence-electron chi connectivity index (χ4n) is 3.12. The minimum atomic E-state index is -0.546. The van der Waals surface area contributed by atoms with E-state index in [4.69, 9.17) is 25.4 Å². The summed E-state index contributed by atoms with van der Waals surface area (Å²) < 4.78 is 10.8. The van der Waals surface area contributed by atoms with Crippen molar-refractivity contribution in [3.63, 3.8) is 0 Å². The van der Waals surface area contributed by atoms with Crippen LogP contribution in [0.2, 0.25) is 0 Å². The molecule has 0 amide bonds. The molecule has 0 saturated carbocycles. The lowest BCUT2D eigenvalue weighted by Gasteiger charge is -2.30. The van der Waals surface area contributed by atoms with E-state index in [0.29, 0.717) is 43.6 Å². The van der Waals surface area contributed by atoms with Crippen LogP contribution in [0.25, 0.3) is 0 Å². The number of ketones is 1. The molecule has 0 aliphatic rings. The number of ether oxygens (including phenoxy) is 2. The predicted molar refractivity (Wildman–Crippen MR) is 122 cm³/mol. The molecule has 0 fully saturated rings. The van der Waals surface area contributed by atoms with Gasteiger partial charge in [0.05, 0.1) is 26.4 Å². The summed E-state index contributed by atoms with van der Waals surface area (Å²) in [5.41, 5.74) is 8.42. The molecule has 0 saturated heterocycles. The van der Waals surface area contributed by atoms with Gasteiger partial charge in [0.1, 0.15) is 0 Å². The fraction of sp³-hybridized carbons (Fsp3) is 0.435. The van der Waals surface area contributed by atoms with Crippen molar-refractivity contribution in [1.29, 1.82) is 0 Å². The first-order valence-electron chi connectivity index (χ1n) is 9.93. The molecule has 166 valence electrons. The van der Waals surface area contributed by atoms with Crippen LogP contribution in [0.4, 0.5) is 0 Å². The second kappa shape index (κ2) is 14.4. The summed E-state index contributed by atoms with van der Waals surface area (Å²) in [5.74, 6) is -0.00836. The lowest BCUT2D eigenvalue weighted by molar-refractivity contribution is 0.0592. The Kier molecular flexibility index (Phi) is 12.7. The van der Waals surface area contributed by atoms with Gasteiger partial charge in [-0.15, -0.1) is 17.0 Å². The van der Waals surface area contributed by atoms with E-state index in [2.05, 4.69) is 0 Å². The van der Waals surface area contributed by atoms with Crippen molar-refractivity contribution in [2.75, 3.05) is 39.6 Å². The SMILES string of the molecule is Br.NC(CCOCCO)(CCOCCO)Cc1ccc(C(=O)c2ccccc2)cc1. The lowest BCUT2D eigenvalue weighted by atomic mass is 9.85. The minimum Gasteiger partial charge on any atom is -0.394 e. The quantitative estimate of drug-likeness (QED) is 0.283. The molecule has 0 heterocycles. The molecule has 6 nitrogen and oxygen atoms in total. The first-order chi connectivity index (χ1) is 14.1. The number of aliphatic hydroxyl groups excluding tert-OH is 2. The average molecular weight is 482 g/mol. The molecule has 7 heteroatoms. The van der Waals surface area contributed by atoms with Crippen molar-refractivity contribution >= 4 is 22.8 Å². The number of benzene rings is 2. The molecule has 0 atom stereocenters. The number of carbonyl (C=O) groups is 1. The van der Waals surface area contributed by atoms with Crippen LogP contribution in [0.1, 0.15) is 34.3 Å². The van der Waals surface area contributed by atoms with Crippen LogP contribution in [-0.4, -0.2) is 61.2 Å². The number of carbonyl (C=O) groups excluding carboxylic acids is 1. The van der Waals surface area contributed by atoms with Gasteiger partial charge < -0.3 is 25.4 Å². The van der Waals surface area contributed by atoms with E-state index in [0.717, 1.165) is 5.56 Å². The van der Waals surface area contributed by atoms with Crippen LogP contribution in [0, 0.1) is 0 Å². The van der Waals surface area contributed by atoms with Gasteiger partial charge in [0.2, 0.25) is 0 Å². The highest BCUT2D eigenvalue weighted by atomic mass is 79.9. The Morgan fingerprint density at radius 2 is 1.30 bits per heavy atom. The highest BCUT2D eigenvalue weighted by molar-refractivity contribution is 8.93. The molecule has 4 N–H and O–H groups in total. The van der Waals surface area contributed by atoms with Crippen LogP contribution >= 0.6 is 17.0 Å². The van der Waals surface area contributed by atoms with Gasteiger partial charge in [0.25, 0.3) is 0 Å². The van der Waals surface area contributed by atoms with Crippen molar-refractivity contribution in [2.24, 2.45) is 5.73 Å². The Hall–Kier alpha value is -1.61. The van der Waals surface area contributed by atoms with Gasteiger partial charge in [-0.2, -0.15) is 0 Å². The maximum atomic E-state index is 12.6. The molecule has 0 radical (unpaired) electrons. The number of nitrogens with two attached hydrogens (primary N) is 1. The molecular formula is C23H32BrNO5. The largest absolute Gasteiger partial charge is 0.394 e. The number of aliphatic hydroxyl groups is 2. The van der Waals surface area contributed by atoms with E-state index >= 15 is 0 Å². The van der Waals surface area contributed by atoms with E-state index in [1.807, 2.05) is 42.5 Å². The van der Waals surface area contributed by atoms with Gasteiger partial charge in [-0.3, -0.25) is 4.79 Å². The Labute approximate surface area is 188 Å². The number of hydrogen-bond donors (Lipinski definition) is 3. The Morgan fingerprint density at radius 1 is 0.800 bits per heavy atom. The summed E-state index contributed by atoms with van der Waals surface area (Å²) >= 11 is 0. The normalized spacial score (nSPS) is 11.2. The summed E-state index contributed by atoms with van der Waals surface area (Å²) in [5, 5.41) is 17.7. The van der Waals surface area contributed by atoms with E-state index in [1.54, 1.807) is 12.1 Å². The third-order valence-corrected chi connectivity index (χ3v) is 4.77. The number of hydrogen-bond acceptors (Lipinski definition) is 6. The fourth-order valence-corrected chi connectivity index (χ4v) is 3.12. The zero-order valence-corrected chi connectivity index (χ0v) is 18.9. The monoisotopic (exact) mass is 481 g/mol. The molecule has 30 heavy (non-hydrogen) atoms. The maximum absolute atomic E-state index is 12.6. The van der Waals surface area contributed by atoms with E-state index in [1.165, 1.54) is 0 Å². The standard InChI is InChI=1S/C23H31NO5.BrH/c24-23(10-14-28-16-12-25,11-15-29-17-13-26)18-19-6-8-21(9-7-19)22(27)20-4-2-1-3-5-20;/h1-9,25-26H,10-18,24H2;1H. The first kappa shape index (κ1) is 26.4. The second-order valence-electron chi connectivity index (χ2n) is 7.10. The molecule has 0 bridgehead atoms.